The smallest absolute Gasteiger partial charge is 0.246 e. The lowest BCUT2D eigenvalue weighted by molar-refractivity contribution is -0.126. The zero-order valence-corrected chi connectivity index (χ0v) is 17.8. The first kappa shape index (κ1) is 19.5. The molecular weight excluding hydrogens is 437 g/mol. The number of thiazole rings is 1. The van der Waals surface area contributed by atoms with Gasteiger partial charge in [0.05, 0.1) is 10.2 Å². The number of aromatic nitrogens is 1. The van der Waals surface area contributed by atoms with E-state index in [0.29, 0.717) is 28.2 Å². The van der Waals surface area contributed by atoms with Crippen molar-refractivity contribution in [1.29, 1.82) is 0 Å². The van der Waals surface area contributed by atoms with Gasteiger partial charge in [-0.1, -0.05) is 52.2 Å². The second kappa shape index (κ2) is 8.29. The number of benzene rings is 2. The molecule has 2 heterocycles. The van der Waals surface area contributed by atoms with E-state index in [4.69, 9.17) is 34.8 Å². The first-order chi connectivity index (χ1) is 13.5. The van der Waals surface area contributed by atoms with E-state index in [2.05, 4.69) is 9.88 Å². The van der Waals surface area contributed by atoms with E-state index in [1.54, 1.807) is 41.7 Å². The summed E-state index contributed by atoms with van der Waals surface area (Å²) >= 11 is 19.7. The molecule has 0 saturated carbocycles. The van der Waals surface area contributed by atoms with Crippen molar-refractivity contribution in [1.82, 2.24) is 9.88 Å². The lowest BCUT2D eigenvalue weighted by Crippen LogP contribution is -2.48. The Balaban J connectivity index is 1.38. The summed E-state index contributed by atoms with van der Waals surface area (Å²) in [4.78, 5) is 21.2. The highest BCUT2D eigenvalue weighted by Gasteiger charge is 2.22. The summed E-state index contributed by atoms with van der Waals surface area (Å²) in [5, 5.41) is 2.78. The van der Waals surface area contributed by atoms with Crippen molar-refractivity contribution in [3.8, 4) is 0 Å². The number of anilines is 1. The predicted molar refractivity (Wildman–Crippen MR) is 119 cm³/mol. The van der Waals surface area contributed by atoms with Crippen molar-refractivity contribution in [2.24, 2.45) is 0 Å². The van der Waals surface area contributed by atoms with Crippen LogP contribution in [-0.2, 0) is 4.79 Å². The van der Waals surface area contributed by atoms with Gasteiger partial charge in [0.15, 0.2) is 5.13 Å². The highest BCUT2D eigenvalue weighted by molar-refractivity contribution is 7.22. The van der Waals surface area contributed by atoms with Crippen LogP contribution >= 0.6 is 46.1 Å². The SMILES string of the molecule is O=C(/C=C/c1ccc(Cl)cc1Cl)N1CCN(c2nc3ccc(Cl)cc3s2)CC1. The molecule has 8 heteroatoms. The number of nitrogens with zero attached hydrogens (tertiary/aromatic N) is 3. The van der Waals surface area contributed by atoms with Crippen LogP contribution in [0.15, 0.2) is 42.5 Å². The van der Waals surface area contributed by atoms with Crippen molar-refractivity contribution in [3.05, 3.63) is 63.1 Å². The molecule has 0 spiro atoms. The topological polar surface area (TPSA) is 36.4 Å². The average molecular weight is 453 g/mol. The number of carbonyl (C=O) groups is 1. The van der Waals surface area contributed by atoms with Crippen LogP contribution in [0.25, 0.3) is 16.3 Å². The highest BCUT2D eigenvalue weighted by atomic mass is 35.5. The van der Waals surface area contributed by atoms with Gasteiger partial charge in [0, 0.05) is 47.3 Å². The second-order valence-electron chi connectivity index (χ2n) is 6.42. The van der Waals surface area contributed by atoms with E-state index in [-0.39, 0.29) is 5.91 Å². The van der Waals surface area contributed by atoms with Crippen LogP contribution in [0, 0.1) is 0 Å². The maximum absolute atomic E-state index is 12.5. The maximum Gasteiger partial charge on any atom is 0.246 e. The van der Waals surface area contributed by atoms with Gasteiger partial charge >= 0.3 is 0 Å². The molecule has 4 rings (SSSR count). The van der Waals surface area contributed by atoms with Crippen molar-refractivity contribution in [2.45, 2.75) is 0 Å². The highest BCUT2D eigenvalue weighted by Crippen LogP contribution is 2.31. The maximum atomic E-state index is 12.5. The summed E-state index contributed by atoms with van der Waals surface area (Å²) in [5.74, 6) is -0.0262. The van der Waals surface area contributed by atoms with Crippen molar-refractivity contribution < 1.29 is 4.79 Å². The summed E-state index contributed by atoms with van der Waals surface area (Å²) in [5.41, 5.74) is 1.72. The number of hydrogen-bond acceptors (Lipinski definition) is 4. The quantitative estimate of drug-likeness (QED) is 0.484. The fraction of sp³-hybridized carbons (Fsp3) is 0.200. The molecule has 28 heavy (non-hydrogen) atoms. The summed E-state index contributed by atoms with van der Waals surface area (Å²) in [6.45, 7) is 2.78. The van der Waals surface area contributed by atoms with Crippen molar-refractivity contribution >= 4 is 73.5 Å². The van der Waals surface area contributed by atoms with E-state index in [1.807, 2.05) is 23.1 Å². The number of fused-ring (bicyclic) bond motifs is 1. The standard InChI is InChI=1S/C20H16Cl3N3OS/c21-14-3-1-13(16(23)11-14)2-6-19(27)25-7-9-26(10-8-25)20-24-17-5-4-15(22)12-18(17)28-20/h1-6,11-12H,7-10H2/b6-2+. The lowest BCUT2D eigenvalue weighted by atomic mass is 10.2. The molecule has 0 radical (unpaired) electrons. The number of hydrogen-bond donors (Lipinski definition) is 0. The fourth-order valence-corrected chi connectivity index (χ4v) is 4.81. The Morgan fingerprint density at radius 3 is 2.46 bits per heavy atom. The minimum atomic E-state index is -0.0262. The third-order valence-electron chi connectivity index (χ3n) is 4.57. The van der Waals surface area contributed by atoms with E-state index in [9.17, 15) is 4.79 Å². The molecule has 1 aromatic heterocycles. The molecule has 1 amide bonds. The lowest BCUT2D eigenvalue weighted by Gasteiger charge is -2.34. The predicted octanol–water partition coefficient (Wildman–Crippen LogP) is 5.62. The normalized spacial score (nSPS) is 15.0. The van der Waals surface area contributed by atoms with Gasteiger partial charge in [-0.2, -0.15) is 0 Å². The Hall–Kier alpha value is -1.79. The van der Waals surface area contributed by atoms with Crippen LogP contribution in [0.2, 0.25) is 15.1 Å². The molecule has 1 aliphatic rings. The van der Waals surface area contributed by atoms with Crippen LogP contribution in [0.5, 0.6) is 0 Å². The second-order valence-corrected chi connectivity index (χ2v) is 8.71. The van der Waals surface area contributed by atoms with E-state index >= 15 is 0 Å². The minimum absolute atomic E-state index is 0.0262. The Bertz CT molecular complexity index is 1060. The van der Waals surface area contributed by atoms with Gasteiger partial charge in [-0.15, -0.1) is 0 Å². The van der Waals surface area contributed by atoms with E-state index in [0.717, 1.165) is 34.0 Å². The third-order valence-corrected chi connectivity index (χ3v) is 6.45. The fourth-order valence-electron chi connectivity index (χ4n) is 3.04. The monoisotopic (exact) mass is 451 g/mol. The number of rotatable bonds is 3. The molecular formula is C20H16Cl3N3OS. The molecule has 3 aromatic rings. The molecule has 0 aliphatic carbocycles. The van der Waals surface area contributed by atoms with Crippen LogP contribution in [0.3, 0.4) is 0 Å². The number of halogens is 3. The summed E-state index contributed by atoms with van der Waals surface area (Å²) in [6.07, 6.45) is 3.29. The van der Waals surface area contributed by atoms with Crippen molar-refractivity contribution in [2.75, 3.05) is 31.1 Å². The molecule has 1 aliphatic heterocycles. The Labute approximate surface area is 181 Å². The van der Waals surface area contributed by atoms with Crippen LogP contribution < -0.4 is 4.90 Å². The van der Waals surface area contributed by atoms with E-state index < -0.39 is 0 Å². The average Bonchev–Trinajstić information content (AvgIpc) is 3.10. The Morgan fingerprint density at radius 2 is 1.71 bits per heavy atom. The van der Waals surface area contributed by atoms with Crippen LogP contribution in [0.1, 0.15) is 5.56 Å². The molecule has 1 saturated heterocycles. The van der Waals surface area contributed by atoms with Gasteiger partial charge in [0.2, 0.25) is 5.91 Å². The molecule has 0 N–H and O–H groups in total. The van der Waals surface area contributed by atoms with Gasteiger partial charge in [-0.25, -0.2) is 4.98 Å². The zero-order chi connectivity index (χ0) is 19.7. The minimum Gasteiger partial charge on any atom is -0.345 e. The first-order valence-corrected chi connectivity index (χ1v) is 10.7. The van der Waals surface area contributed by atoms with Crippen LogP contribution in [-0.4, -0.2) is 42.0 Å². The molecule has 0 atom stereocenters. The van der Waals surface area contributed by atoms with Gasteiger partial charge in [-0.05, 0) is 42.0 Å². The number of amides is 1. The van der Waals surface area contributed by atoms with Crippen molar-refractivity contribution in [3.63, 3.8) is 0 Å². The molecule has 4 nitrogen and oxygen atoms in total. The zero-order valence-electron chi connectivity index (χ0n) is 14.7. The summed E-state index contributed by atoms with van der Waals surface area (Å²) in [6, 6.07) is 10.9. The molecule has 0 unspecified atom stereocenters. The van der Waals surface area contributed by atoms with Gasteiger partial charge in [0.25, 0.3) is 0 Å². The third kappa shape index (κ3) is 4.28. The largest absolute Gasteiger partial charge is 0.345 e. The van der Waals surface area contributed by atoms with Gasteiger partial charge in [0.1, 0.15) is 0 Å². The molecule has 2 aromatic carbocycles. The molecule has 144 valence electrons. The summed E-state index contributed by atoms with van der Waals surface area (Å²) < 4.78 is 1.07. The van der Waals surface area contributed by atoms with Gasteiger partial charge < -0.3 is 9.80 Å². The van der Waals surface area contributed by atoms with Crippen LogP contribution in [0.4, 0.5) is 5.13 Å². The Morgan fingerprint density at radius 1 is 1.00 bits per heavy atom. The first-order valence-electron chi connectivity index (χ1n) is 8.73. The van der Waals surface area contributed by atoms with E-state index in [1.165, 1.54) is 0 Å². The molecule has 0 bridgehead atoms. The number of piperazine rings is 1. The Kier molecular flexibility index (Phi) is 5.78. The molecule has 1 fully saturated rings. The number of carbonyl (C=O) groups excluding carboxylic acids is 1. The van der Waals surface area contributed by atoms with Gasteiger partial charge in [-0.3, -0.25) is 4.79 Å². The summed E-state index contributed by atoms with van der Waals surface area (Å²) in [7, 11) is 0.